The lowest BCUT2D eigenvalue weighted by Crippen LogP contribution is -2.31. The first-order valence-electron chi connectivity index (χ1n) is 10.2. The van der Waals surface area contributed by atoms with E-state index >= 15 is 0 Å². The standard InChI is InChI=1S/C22H33N5O/c1-15-11-18(12-16(2)21(15)28)14-23-13-17-5-7-19(8-6-17)25-22-24-10-9-20(26-22)27(3)4/h9-12,17,19,23,28H,5-8,13-14H2,1-4H3,(H,24,25,26)/t17-,19+. The summed E-state index contributed by atoms with van der Waals surface area (Å²) in [6, 6.07) is 6.51. The van der Waals surface area contributed by atoms with Crippen LogP contribution in [0.1, 0.15) is 42.4 Å². The number of hydrogen-bond donors (Lipinski definition) is 3. The van der Waals surface area contributed by atoms with E-state index in [1.54, 1.807) is 0 Å². The number of aromatic nitrogens is 2. The van der Waals surface area contributed by atoms with E-state index < -0.39 is 0 Å². The molecule has 152 valence electrons. The SMILES string of the molecule is Cc1cc(CNC[C@H]2CC[C@@H](Nc3nccc(N(C)C)n3)CC2)cc(C)c1O. The first-order valence-corrected chi connectivity index (χ1v) is 10.2. The van der Waals surface area contributed by atoms with Crippen molar-refractivity contribution in [1.29, 1.82) is 0 Å². The normalized spacial score (nSPS) is 19.4. The van der Waals surface area contributed by atoms with Crippen molar-refractivity contribution in [3.8, 4) is 5.75 Å². The molecule has 1 heterocycles. The lowest BCUT2D eigenvalue weighted by Gasteiger charge is -2.29. The fourth-order valence-electron chi connectivity index (χ4n) is 3.93. The van der Waals surface area contributed by atoms with Crippen molar-refractivity contribution in [2.75, 3.05) is 30.9 Å². The molecule has 0 atom stereocenters. The number of aromatic hydroxyl groups is 1. The molecule has 1 aromatic heterocycles. The maximum Gasteiger partial charge on any atom is 0.224 e. The summed E-state index contributed by atoms with van der Waals surface area (Å²) in [6.07, 6.45) is 6.54. The first kappa shape index (κ1) is 20.4. The predicted molar refractivity (Wildman–Crippen MR) is 115 cm³/mol. The van der Waals surface area contributed by atoms with Crippen molar-refractivity contribution in [2.45, 2.75) is 52.1 Å². The summed E-state index contributed by atoms with van der Waals surface area (Å²) in [6.45, 7) is 5.81. The molecule has 0 radical (unpaired) electrons. The molecule has 1 aliphatic rings. The largest absolute Gasteiger partial charge is 0.507 e. The summed E-state index contributed by atoms with van der Waals surface area (Å²) in [5.74, 6) is 2.78. The Morgan fingerprint density at radius 2 is 1.79 bits per heavy atom. The quantitative estimate of drug-likeness (QED) is 0.678. The van der Waals surface area contributed by atoms with Crippen LogP contribution in [0.2, 0.25) is 0 Å². The third kappa shape index (κ3) is 5.35. The highest BCUT2D eigenvalue weighted by atomic mass is 16.3. The summed E-state index contributed by atoms with van der Waals surface area (Å²) in [5.41, 5.74) is 3.13. The van der Waals surface area contributed by atoms with Crippen molar-refractivity contribution >= 4 is 11.8 Å². The zero-order valence-corrected chi connectivity index (χ0v) is 17.5. The molecule has 1 aliphatic carbocycles. The van der Waals surface area contributed by atoms with Gasteiger partial charge in [-0.2, -0.15) is 4.98 Å². The van der Waals surface area contributed by atoms with Crippen LogP contribution in [0.4, 0.5) is 11.8 Å². The van der Waals surface area contributed by atoms with E-state index in [2.05, 4.69) is 32.7 Å². The van der Waals surface area contributed by atoms with Gasteiger partial charge in [-0.05, 0) is 74.8 Å². The second-order valence-electron chi connectivity index (χ2n) is 8.20. The summed E-state index contributed by atoms with van der Waals surface area (Å²) in [7, 11) is 3.98. The van der Waals surface area contributed by atoms with Crippen molar-refractivity contribution in [2.24, 2.45) is 5.92 Å². The second kappa shape index (κ2) is 9.24. The van der Waals surface area contributed by atoms with E-state index in [4.69, 9.17) is 0 Å². The van der Waals surface area contributed by atoms with Gasteiger partial charge < -0.3 is 20.6 Å². The zero-order valence-electron chi connectivity index (χ0n) is 17.5. The number of hydrogen-bond acceptors (Lipinski definition) is 6. The molecule has 1 fully saturated rings. The van der Waals surface area contributed by atoms with Crippen LogP contribution in [0.15, 0.2) is 24.4 Å². The number of aryl methyl sites for hydroxylation is 2. The Morgan fingerprint density at radius 1 is 1.11 bits per heavy atom. The van der Waals surface area contributed by atoms with Crippen LogP contribution in [-0.2, 0) is 6.54 Å². The zero-order chi connectivity index (χ0) is 20.1. The molecular formula is C22H33N5O. The number of nitrogens with one attached hydrogen (secondary N) is 2. The summed E-state index contributed by atoms with van der Waals surface area (Å²) < 4.78 is 0. The topological polar surface area (TPSA) is 73.3 Å². The van der Waals surface area contributed by atoms with E-state index in [-0.39, 0.29) is 0 Å². The van der Waals surface area contributed by atoms with Gasteiger partial charge in [0.1, 0.15) is 11.6 Å². The van der Waals surface area contributed by atoms with E-state index in [0.29, 0.717) is 17.7 Å². The molecule has 28 heavy (non-hydrogen) atoms. The van der Waals surface area contributed by atoms with Gasteiger partial charge in [-0.3, -0.25) is 0 Å². The summed E-state index contributed by atoms with van der Waals surface area (Å²) >= 11 is 0. The van der Waals surface area contributed by atoms with E-state index in [1.807, 2.05) is 45.1 Å². The molecule has 0 amide bonds. The van der Waals surface area contributed by atoms with Crippen molar-refractivity contribution < 1.29 is 5.11 Å². The fourth-order valence-corrected chi connectivity index (χ4v) is 3.93. The molecule has 0 bridgehead atoms. The van der Waals surface area contributed by atoms with E-state index in [0.717, 1.165) is 48.8 Å². The van der Waals surface area contributed by atoms with Crippen molar-refractivity contribution in [3.63, 3.8) is 0 Å². The Labute approximate surface area is 168 Å². The fraction of sp³-hybridized carbons (Fsp3) is 0.545. The molecule has 1 saturated carbocycles. The minimum Gasteiger partial charge on any atom is -0.507 e. The summed E-state index contributed by atoms with van der Waals surface area (Å²) in [5, 5.41) is 17.0. The third-order valence-electron chi connectivity index (χ3n) is 5.59. The molecule has 3 N–H and O–H groups in total. The molecule has 2 aromatic rings. The maximum atomic E-state index is 9.90. The van der Waals surface area contributed by atoms with Gasteiger partial charge in [-0.15, -0.1) is 0 Å². The van der Waals surface area contributed by atoms with Gasteiger partial charge in [-0.1, -0.05) is 12.1 Å². The highest BCUT2D eigenvalue weighted by molar-refractivity contribution is 5.42. The van der Waals surface area contributed by atoms with Crippen LogP contribution >= 0.6 is 0 Å². The van der Waals surface area contributed by atoms with Crippen LogP contribution < -0.4 is 15.5 Å². The highest BCUT2D eigenvalue weighted by Crippen LogP contribution is 2.26. The third-order valence-corrected chi connectivity index (χ3v) is 5.59. The van der Waals surface area contributed by atoms with Crippen LogP contribution in [-0.4, -0.2) is 41.8 Å². The highest BCUT2D eigenvalue weighted by Gasteiger charge is 2.21. The Hall–Kier alpha value is -2.34. The molecule has 0 aliphatic heterocycles. The van der Waals surface area contributed by atoms with Crippen molar-refractivity contribution in [3.05, 3.63) is 41.1 Å². The van der Waals surface area contributed by atoms with Gasteiger partial charge in [-0.25, -0.2) is 4.98 Å². The predicted octanol–water partition coefficient (Wildman–Crippen LogP) is 3.63. The number of phenols is 1. The van der Waals surface area contributed by atoms with Gasteiger partial charge in [0.25, 0.3) is 0 Å². The minimum absolute atomic E-state index is 0.412. The number of benzene rings is 1. The summed E-state index contributed by atoms with van der Waals surface area (Å²) in [4.78, 5) is 10.9. The van der Waals surface area contributed by atoms with Gasteiger partial charge in [0, 0.05) is 32.9 Å². The number of phenolic OH excluding ortho intramolecular Hbond substituents is 1. The van der Waals surface area contributed by atoms with Crippen LogP contribution in [0.5, 0.6) is 5.75 Å². The Balaban J connectivity index is 1.41. The lowest BCUT2D eigenvalue weighted by atomic mass is 9.86. The average Bonchev–Trinajstić information content (AvgIpc) is 2.67. The molecule has 0 unspecified atom stereocenters. The maximum absolute atomic E-state index is 9.90. The van der Waals surface area contributed by atoms with Gasteiger partial charge in [0.05, 0.1) is 0 Å². The van der Waals surface area contributed by atoms with Crippen molar-refractivity contribution in [1.82, 2.24) is 15.3 Å². The van der Waals surface area contributed by atoms with Gasteiger partial charge in [0.15, 0.2) is 0 Å². The van der Waals surface area contributed by atoms with Gasteiger partial charge >= 0.3 is 0 Å². The average molecular weight is 384 g/mol. The Morgan fingerprint density at radius 3 is 2.43 bits per heavy atom. The van der Waals surface area contributed by atoms with E-state index in [1.165, 1.54) is 18.4 Å². The molecule has 6 nitrogen and oxygen atoms in total. The van der Waals surface area contributed by atoms with Crippen LogP contribution in [0, 0.1) is 19.8 Å². The monoisotopic (exact) mass is 383 g/mol. The van der Waals surface area contributed by atoms with Crippen LogP contribution in [0.3, 0.4) is 0 Å². The molecule has 6 heteroatoms. The number of rotatable bonds is 7. The first-order chi connectivity index (χ1) is 13.4. The minimum atomic E-state index is 0.412. The van der Waals surface area contributed by atoms with Crippen LogP contribution in [0.25, 0.3) is 0 Å². The molecule has 0 saturated heterocycles. The van der Waals surface area contributed by atoms with Gasteiger partial charge in [0.2, 0.25) is 5.95 Å². The number of nitrogens with zero attached hydrogens (tertiary/aromatic N) is 3. The second-order valence-corrected chi connectivity index (χ2v) is 8.20. The molecular weight excluding hydrogens is 350 g/mol. The van der Waals surface area contributed by atoms with E-state index in [9.17, 15) is 5.11 Å². The Kier molecular flexibility index (Phi) is 6.73. The number of anilines is 2. The Bertz CT molecular complexity index is 761. The smallest absolute Gasteiger partial charge is 0.224 e. The molecule has 0 spiro atoms. The molecule has 3 rings (SSSR count). The molecule has 1 aromatic carbocycles. The lowest BCUT2D eigenvalue weighted by molar-refractivity contribution is 0.323.